The number of nitrogens with zero attached hydrogens (tertiary/aromatic N) is 2. The van der Waals surface area contributed by atoms with Gasteiger partial charge in [-0.3, -0.25) is 9.59 Å². The fourth-order valence-corrected chi connectivity index (χ4v) is 4.10. The van der Waals surface area contributed by atoms with E-state index in [9.17, 15) is 9.59 Å². The molecule has 0 unspecified atom stereocenters. The first-order chi connectivity index (χ1) is 14.0. The summed E-state index contributed by atoms with van der Waals surface area (Å²) >= 11 is 0. The van der Waals surface area contributed by atoms with Gasteiger partial charge in [-0.25, -0.2) is 0 Å². The van der Waals surface area contributed by atoms with Crippen molar-refractivity contribution in [3.63, 3.8) is 0 Å². The standard InChI is InChI=1S/C23H27N3O3/c1-16-14-18(5-7-20(16)25-10-12-29-13-11-25)23(28)24-19-6-8-21(17(2)15-19)26-9-3-4-22(26)27/h5-8,14-15H,3-4,9-13H2,1-2H3,(H,24,28). The fraction of sp³-hybridized carbons (Fsp3) is 0.391. The molecular weight excluding hydrogens is 366 g/mol. The summed E-state index contributed by atoms with van der Waals surface area (Å²) in [6.07, 6.45) is 1.51. The second-order valence-corrected chi connectivity index (χ2v) is 7.71. The van der Waals surface area contributed by atoms with Gasteiger partial charge in [0.1, 0.15) is 0 Å². The van der Waals surface area contributed by atoms with Gasteiger partial charge < -0.3 is 19.9 Å². The Morgan fingerprint density at radius 1 is 0.966 bits per heavy atom. The van der Waals surface area contributed by atoms with E-state index in [2.05, 4.69) is 10.2 Å². The summed E-state index contributed by atoms with van der Waals surface area (Å²) in [6, 6.07) is 11.5. The molecule has 2 fully saturated rings. The largest absolute Gasteiger partial charge is 0.378 e. The Hall–Kier alpha value is -2.86. The maximum atomic E-state index is 12.7. The number of carbonyl (C=O) groups is 2. The molecule has 2 aliphatic rings. The van der Waals surface area contributed by atoms with Gasteiger partial charge in [-0.1, -0.05) is 0 Å². The predicted octanol–water partition coefficient (Wildman–Crippen LogP) is 3.52. The normalized spacial score (nSPS) is 17.0. The third-order valence-corrected chi connectivity index (χ3v) is 5.63. The molecule has 2 saturated heterocycles. The number of hydrogen-bond donors (Lipinski definition) is 1. The maximum absolute atomic E-state index is 12.7. The Bertz CT molecular complexity index is 935. The van der Waals surface area contributed by atoms with Crippen LogP contribution in [0.3, 0.4) is 0 Å². The van der Waals surface area contributed by atoms with Crippen molar-refractivity contribution in [2.24, 2.45) is 0 Å². The smallest absolute Gasteiger partial charge is 0.255 e. The molecular formula is C23H27N3O3. The number of amides is 2. The van der Waals surface area contributed by atoms with Gasteiger partial charge in [0.25, 0.3) is 5.91 Å². The number of rotatable bonds is 4. The van der Waals surface area contributed by atoms with Crippen LogP contribution in [0.4, 0.5) is 17.1 Å². The van der Waals surface area contributed by atoms with Crippen LogP contribution in [-0.2, 0) is 9.53 Å². The Labute approximate surface area is 171 Å². The monoisotopic (exact) mass is 393 g/mol. The van der Waals surface area contributed by atoms with Crippen LogP contribution >= 0.6 is 0 Å². The highest BCUT2D eigenvalue weighted by Gasteiger charge is 2.23. The molecule has 6 heteroatoms. The lowest BCUT2D eigenvalue weighted by Gasteiger charge is -2.30. The highest BCUT2D eigenvalue weighted by Crippen LogP contribution is 2.28. The van der Waals surface area contributed by atoms with Gasteiger partial charge in [0.05, 0.1) is 13.2 Å². The van der Waals surface area contributed by atoms with E-state index >= 15 is 0 Å². The summed E-state index contributed by atoms with van der Waals surface area (Å²) in [5.41, 5.74) is 5.51. The van der Waals surface area contributed by atoms with Crippen molar-refractivity contribution in [2.45, 2.75) is 26.7 Å². The van der Waals surface area contributed by atoms with Crippen LogP contribution in [0.25, 0.3) is 0 Å². The number of nitrogens with one attached hydrogen (secondary N) is 1. The molecule has 0 aliphatic carbocycles. The van der Waals surface area contributed by atoms with Crippen LogP contribution in [0.5, 0.6) is 0 Å². The van der Waals surface area contributed by atoms with E-state index in [4.69, 9.17) is 4.74 Å². The van der Waals surface area contributed by atoms with Crippen LogP contribution in [0.15, 0.2) is 36.4 Å². The fourth-order valence-electron chi connectivity index (χ4n) is 4.10. The second-order valence-electron chi connectivity index (χ2n) is 7.71. The van der Waals surface area contributed by atoms with E-state index in [1.54, 1.807) is 0 Å². The SMILES string of the molecule is Cc1cc(C(=O)Nc2ccc(N3CCCC3=O)c(C)c2)ccc1N1CCOCC1. The number of morpholine rings is 1. The number of aryl methyl sites for hydroxylation is 2. The van der Waals surface area contributed by atoms with Crippen LogP contribution < -0.4 is 15.1 Å². The quantitative estimate of drug-likeness (QED) is 0.863. The summed E-state index contributed by atoms with van der Waals surface area (Å²) < 4.78 is 5.42. The van der Waals surface area contributed by atoms with Crippen molar-refractivity contribution < 1.29 is 14.3 Å². The lowest BCUT2D eigenvalue weighted by Crippen LogP contribution is -2.36. The summed E-state index contributed by atoms with van der Waals surface area (Å²) in [7, 11) is 0. The van der Waals surface area contributed by atoms with Gasteiger partial charge >= 0.3 is 0 Å². The van der Waals surface area contributed by atoms with Crippen molar-refractivity contribution in [3.05, 3.63) is 53.1 Å². The number of benzene rings is 2. The van der Waals surface area contributed by atoms with Gasteiger partial charge in [0.2, 0.25) is 5.91 Å². The van der Waals surface area contributed by atoms with Crippen LogP contribution in [0.2, 0.25) is 0 Å². The molecule has 0 atom stereocenters. The highest BCUT2D eigenvalue weighted by molar-refractivity contribution is 6.05. The van der Waals surface area contributed by atoms with Crippen molar-refractivity contribution in [1.82, 2.24) is 0 Å². The topological polar surface area (TPSA) is 61.9 Å². The third-order valence-electron chi connectivity index (χ3n) is 5.63. The molecule has 0 spiro atoms. The highest BCUT2D eigenvalue weighted by atomic mass is 16.5. The lowest BCUT2D eigenvalue weighted by molar-refractivity contribution is -0.117. The molecule has 1 N–H and O–H groups in total. The van der Waals surface area contributed by atoms with Crippen molar-refractivity contribution in [1.29, 1.82) is 0 Å². The zero-order valence-electron chi connectivity index (χ0n) is 17.0. The van der Waals surface area contributed by atoms with Gasteiger partial charge in [0, 0.05) is 48.7 Å². The Morgan fingerprint density at radius 2 is 1.69 bits per heavy atom. The summed E-state index contributed by atoms with van der Waals surface area (Å²) in [5.74, 6) is 0.0340. The molecule has 0 saturated carbocycles. The van der Waals surface area contributed by atoms with E-state index < -0.39 is 0 Å². The molecule has 152 valence electrons. The predicted molar refractivity (Wildman–Crippen MR) is 115 cm³/mol. The summed E-state index contributed by atoms with van der Waals surface area (Å²) in [5, 5.41) is 2.98. The number of ether oxygens (including phenoxy) is 1. The van der Waals surface area contributed by atoms with Crippen LogP contribution in [0.1, 0.15) is 34.3 Å². The first-order valence-corrected chi connectivity index (χ1v) is 10.2. The molecule has 0 radical (unpaired) electrons. The molecule has 2 aromatic rings. The lowest BCUT2D eigenvalue weighted by atomic mass is 10.1. The minimum Gasteiger partial charge on any atom is -0.378 e. The Kier molecular flexibility index (Phi) is 5.53. The third kappa shape index (κ3) is 4.12. The Morgan fingerprint density at radius 3 is 2.34 bits per heavy atom. The van der Waals surface area contributed by atoms with Crippen LogP contribution in [-0.4, -0.2) is 44.7 Å². The molecule has 0 aromatic heterocycles. The number of carbonyl (C=O) groups excluding carboxylic acids is 2. The van der Waals surface area contributed by atoms with E-state index in [-0.39, 0.29) is 11.8 Å². The maximum Gasteiger partial charge on any atom is 0.255 e. The average molecular weight is 393 g/mol. The van der Waals surface area contributed by atoms with Crippen molar-refractivity contribution in [2.75, 3.05) is 48.0 Å². The van der Waals surface area contributed by atoms with Crippen molar-refractivity contribution >= 4 is 28.9 Å². The zero-order chi connectivity index (χ0) is 20.4. The van der Waals surface area contributed by atoms with Gasteiger partial charge in [0.15, 0.2) is 0 Å². The molecule has 29 heavy (non-hydrogen) atoms. The molecule has 2 aromatic carbocycles. The molecule has 4 rings (SSSR count). The average Bonchev–Trinajstić information content (AvgIpc) is 3.14. The first kappa shape index (κ1) is 19.5. The minimum atomic E-state index is -0.133. The molecule has 2 aliphatic heterocycles. The Balaban J connectivity index is 1.47. The van der Waals surface area contributed by atoms with Crippen LogP contribution in [0, 0.1) is 13.8 Å². The molecule has 6 nitrogen and oxygen atoms in total. The van der Waals surface area contributed by atoms with E-state index in [1.807, 2.05) is 55.1 Å². The molecule has 2 amide bonds. The van der Waals surface area contributed by atoms with E-state index in [0.717, 1.165) is 67.5 Å². The van der Waals surface area contributed by atoms with Gasteiger partial charge in [-0.15, -0.1) is 0 Å². The van der Waals surface area contributed by atoms with Crippen molar-refractivity contribution in [3.8, 4) is 0 Å². The molecule has 2 heterocycles. The van der Waals surface area contributed by atoms with E-state index in [0.29, 0.717) is 12.0 Å². The second kappa shape index (κ2) is 8.25. The number of anilines is 3. The molecule has 0 bridgehead atoms. The summed E-state index contributed by atoms with van der Waals surface area (Å²) in [4.78, 5) is 28.9. The van der Waals surface area contributed by atoms with Gasteiger partial charge in [-0.05, 0) is 67.8 Å². The minimum absolute atomic E-state index is 0.133. The number of hydrogen-bond acceptors (Lipinski definition) is 4. The van der Waals surface area contributed by atoms with E-state index in [1.165, 1.54) is 0 Å². The zero-order valence-corrected chi connectivity index (χ0v) is 17.0. The first-order valence-electron chi connectivity index (χ1n) is 10.2. The summed E-state index contributed by atoms with van der Waals surface area (Å²) in [6.45, 7) is 7.99. The van der Waals surface area contributed by atoms with Gasteiger partial charge in [-0.2, -0.15) is 0 Å².